The monoisotopic (exact) mass is 254 g/mol. The number of allylic oxidation sites excluding steroid dienone is 2. The van der Waals surface area contributed by atoms with E-state index in [4.69, 9.17) is 0 Å². The van der Waals surface area contributed by atoms with Crippen molar-refractivity contribution in [1.29, 1.82) is 0 Å². The van der Waals surface area contributed by atoms with Gasteiger partial charge in [-0.3, -0.25) is 0 Å². The molecule has 0 nitrogen and oxygen atoms in total. The third-order valence-corrected chi connectivity index (χ3v) is 4.15. The average Bonchev–Trinajstić information content (AvgIpc) is 2.18. The zero-order valence-corrected chi connectivity index (χ0v) is 10.7. The third kappa shape index (κ3) is 5.26. The van der Waals surface area contributed by atoms with E-state index in [1.165, 1.54) is 28.2 Å². The van der Waals surface area contributed by atoms with E-state index in [-0.39, 0.29) is 0 Å². The molecule has 76 valence electrons. The van der Waals surface area contributed by atoms with Gasteiger partial charge >= 0.3 is 93.4 Å². The predicted molar refractivity (Wildman–Crippen MR) is 64.8 cm³/mol. The van der Waals surface area contributed by atoms with Gasteiger partial charge in [0.1, 0.15) is 0 Å². The summed E-state index contributed by atoms with van der Waals surface area (Å²) in [5.74, 6) is 0. The molecule has 0 heterocycles. The molecule has 0 saturated carbocycles. The minimum atomic E-state index is 0.771. The van der Waals surface area contributed by atoms with E-state index in [2.05, 4.69) is 50.3 Å². The van der Waals surface area contributed by atoms with Gasteiger partial charge in [-0.25, -0.2) is 0 Å². The Morgan fingerprint density at radius 3 is 2.57 bits per heavy atom. The fourth-order valence-corrected chi connectivity index (χ4v) is 2.99. The summed E-state index contributed by atoms with van der Waals surface area (Å²) in [5.41, 5.74) is 2.94. The first-order valence-electron chi connectivity index (χ1n) is 5.04. The normalized spacial score (nSPS) is 9.86. The molecule has 0 atom stereocenters. The van der Waals surface area contributed by atoms with Crippen molar-refractivity contribution in [2.45, 2.75) is 30.9 Å². The number of rotatable bonds is 5. The van der Waals surface area contributed by atoms with Crippen molar-refractivity contribution >= 4 is 15.0 Å². The van der Waals surface area contributed by atoms with Gasteiger partial charge in [-0.2, -0.15) is 0 Å². The second kappa shape index (κ2) is 6.86. The summed E-state index contributed by atoms with van der Waals surface area (Å²) in [6, 6.07) is 10.8. The van der Waals surface area contributed by atoms with Gasteiger partial charge in [-0.05, 0) is 0 Å². The van der Waals surface area contributed by atoms with Crippen molar-refractivity contribution < 1.29 is 0 Å². The zero-order chi connectivity index (χ0) is 10.2. The van der Waals surface area contributed by atoms with E-state index in [1.807, 2.05) is 0 Å². The van der Waals surface area contributed by atoms with Crippen LogP contribution in [0.1, 0.15) is 25.8 Å². The van der Waals surface area contributed by atoms with Crippen LogP contribution in [0.5, 0.6) is 0 Å². The van der Waals surface area contributed by atoms with E-state index in [0.717, 1.165) is 15.0 Å². The summed E-state index contributed by atoms with van der Waals surface area (Å²) in [4.78, 5) is 0. The summed E-state index contributed by atoms with van der Waals surface area (Å²) >= 11 is 0.771. The number of hydrogen-bond donors (Lipinski definition) is 0. The van der Waals surface area contributed by atoms with Crippen molar-refractivity contribution in [3.63, 3.8) is 0 Å². The standard InChI is InChI=1S/C13H18Se/c1-12(2)7-6-10-14-11-13-8-4-3-5-9-13/h3-5,7-9H,6,10-11H2,1-2H3. The maximum absolute atomic E-state index is 2.34. The van der Waals surface area contributed by atoms with Gasteiger partial charge in [0, 0.05) is 0 Å². The molecule has 0 saturated heterocycles. The van der Waals surface area contributed by atoms with Crippen LogP contribution in [0.3, 0.4) is 0 Å². The van der Waals surface area contributed by atoms with Crippen LogP contribution in [-0.2, 0) is 5.32 Å². The van der Waals surface area contributed by atoms with Crippen LogP contribution in [0.4, 0.5) is 0 Å². The van der Waals surface area contributed by atoms with Crippen LogP contribution in [-0.4, -0.2) is 15.0 Å². The molecule has 0 amide bonds. The fourth-order valence-electron chi connectivity index (χ4n) is 1.20. The summed E-state index contributed by atoms with van der Waals surface area (Å²) in [7, 11) is 0. The Bertz CT molecular complexity index is 271. The van der Waals surface area contributed by atoms with E-state index in [9.17, 15) is 0 Å². The molecule has 0 radical (unpaired) electrons. The Kier molecular flexibility index (Phi) is 5.66. The summed E-state index contributed by atoms with van der Waals surface area (Å²) in [6.45, 7) is 4.34. The zero-order valence-electron chi connectivity index (χ0n) is 8.99. The second-order valence-corrected chi connectivity index (χ2v) is 5.93. The molecular formula is C13H18Se. The van der Waals surface area contributed by atoms with Crippen LogP contribution in [0, 0.1) is 0 Å². The molecule has 0 fully saturated rings. The van der Waals surface area contributed by atoms with Crippen molar-refractivity contribution in [3.8, 4) is 0 Å². The minimum absolute atomic E-state index is 0.771. The van der Waals surface area contributed by atoms with Gasteiger partial charge in [-0.1, -0.05) is 0 Å². The summed E-state index contributed by atoms with van der Waals surface area (Å²) in [6.07, 6.45) is 3.60. The van der Waals surface area contributed by atoms with E-state index in [0.29, 0.717) is 0 Å². The molecule has 14 heavy (non-hydrogen) atoms. The second-order valence-electron chi connectivity index (χ2n) is 3.61. The Balaban J connectivity index is 2.14. The average molecular weight is 253 g/mol. The first kappa shape index (κ1) is 11.6. The fraction of sp³-hybridized carbons (Fsp3) is 0.385. The molecule has 1 aromatic rings. The van der Waals surface area contributed by atoms with Gasteiger partial charge in [0.25, 0.3) is 0 Å². The van der Waals surface area contributed by atoms with Gasteiger partial charge in [0.05, 0.1) is 0 Å². The predicted octanol–water partition coefficient (Wildman–Crippen LogP) is 3.67. The number of hydrogen-bond acceptors (Lipinski definition) is 0. The molecule has 0 bridgehead atoms. The topological polar surface area (TPSA) is 0 Å². The molecular weight excluding hydrogens is 235 g/mol. The van der Waals surface area contributed by atoms with Crippen molar-refractivity contribution in [2.24, 2.45) is 0 Å². The Morgan fingerprint density at radius 1 is 1.21 bits per heavy atom. The van der Waals surface area contributed by atoms with Crippen molar-refractivity contribution in [1.82, 2.24) is 0 Å². The van der Waals surface area contributed by atoms with Crippen LogP contribution >= 0.6 is 0 Å². The van der Waals surface area contributed by atoms with E-state index in [1.54, 1.807) is 0 Å². The van der Waals surface area contributed by atoms with E-state index < -0.39 is 0 Å². The number of benzene rings is 1. The molecule has 0 N–H and O–H groups in total. The molecule has 0 aliphatic carbocycles. The molecule has 1 heteroatoms. The van der Waals surface area contributed by atoms with Crippen molar-refractivity contribution in [2.75, 3.05) is 0 Å². The Hall–Kier alpha value is -0.521. The summed E-state index contributed by atoms with van der Waals surface area (Å²) in [5, 5.41) is 2.65. The first-order chi connectivity index (χ1) is 6.79. The molecule has 1 aromatic carbocycles. The van der Waals surface area contributed by atoms with Gasteiger partial charge < -0.3 is 0 Å². The molecule has 0 unspecified atom stereocenters. The maximum atomic E-state index is 2.34. The first-order valence-corrected chi connectivity index (χ1v) is 7.46. The molecule has 0 aliphatic rings. The van der Waals surface area contributed by atoms with Crippen LogP contribution in [0.25, 0.3) is 0 Å². The SMILES string of the molecule is CC(C)=CCC[Se]Cc1ccccc1. The van der Waals surface area contributed by atoms with Crippen LogP contribution < -0.4 is 0 Å². The van der Waals surface area contributed by atoms with Gasteiger partial charge in [-0.15, -0.1) is 0 Å². The molecule has 1 rings (SSSR count). The van der Waals surface area contributed by atoms with Crippen LogP contribution in [0.15, 0.2) is 42.0 Å². The molecule has 0 aromatic heterocycles. The summed E-state index contributed by atoms with van der Waals surface area (Å²) < 4.78 is 0. The van der Waals surface area contributed by atoms with Gasteiger partial charge in [0.2, 0.25) is 0 Å². The quantitative estimate of drug-likeness (QED) is 0.427. The Morgan fingerprint density at radius 2 is 1.93 bits per heavy atom. The van der Waals surface area contributed by atoms with Gasteiger partial charge in [0.15, 0.2) is 0 Å². The third-order valence-electron chi connectivity index (χ3n) is 1.93. The molecule has 0 spiro atoms. The van der Waals surface area contributed by atoms with Crippen LogP contribution in [0.2, 0.25) is 5.32 Å². The Labute approximate surface area is 93.6 Å². The van der Waals surface area contributed by atoms with E-state index >= 15 is 0 Å². The molecule has 0 aliphatic heterocycles. The van der Waals surface area contributed by atoms with Crippen molar-refractivity contribution in [3.05, 3.63) is 47.5 Å².